The standard InChI is InChI=1S/C45H42Cl4N2/c1-3-36-26-44(50(28-32-5-15-40(46)16-6-32)29-33-7-17-41(47)18-8-33)23-13-38(36)25-39-14-24-45(27-37(39)4-2)51(30-34-9-19-42(48)20-10-34)31-35-11-21-43(49)22-12-35/h5-24,26-27H,3-4,25,28-31H2,1-2H3. The number of hydrogen-bond donors (Lipinski definition) is 0. The van der Waals surface area contributed by atoms with Crippen molar-refractivity contribution in [1.29, 1.82) is 0 Å². The van der Waals surface area contributed by atoms with Gasteiger partial charge in [-0.2, -0.15) is 0 Å². The zero-order chi connectivity index (χ0) is 35.7. The van der Waals surface area contributed by atoms with Crippen LogP contribution in [0.5, 0.6) is 0 Å². The molecule has 0 unspecified atom stereocenters. The number of hydrogen-bond acceptors (Lipinski definition) is 2. The fourth-order valence-corrected chi connectivity index (χ4v) is 7.05. The molecule has 0 aliphatic rings. The lowest BCUT2D eigenvalue weighted by Gasteiger charge is -2.27. The molecule has 0 amide bonds. The summed E-state index contributed by atoms with van der Waals surface area (Å²) >= 11 is 24.9. The zero-order valence-electron chi connectivity index (χ0n) is 29.1. The second-order valence-corrected chi connectivity index (χ2v) is 14.8. The first-order valence-corrected chi connectivity index (χ1v) is 19.0. The molecule has 0 spiro atoms. The van der Waals surface area contributed by atoms with Crippen molar-refractivity contribution < 1.29 is 0 Å². The molecule has 0 aliphatic heterocycles. The van der Waals surface area contributed by atoms with Gasteiger partial charge in [0.15, 0.2) is 0 Å². The average Bonchev–Trinajstić information content (AvgIpc) is 3.15. The van der Waals surface area contributed by atoms with Gasteiger partial charge in [0.25, 0.3) is 0 Å². The van der Waals surface area contributed by atoms with Crippen LogP contribution >= 0.6 is 46.4 Å². The van der Waals surface area contributed by atoms with E-state index >= 15 is 0 Å². The second-order valence-electron chi connectivity index (χ2n) is 13.0. The summed E-state index contributed by atoms with van der Waals surface area (Å²) in [5.41, 5.74) is 12.7. The Morgan fingerprint density at radius 2 is 0.627 bits per heavy atom. The van der Waals surface area contributed by atoms with Gasteiger partial charge in [-0.15, -0.1) is 0 Å². The monoisotopic (exact) mass is 750 g/mol. The van der Waals surface area contributed by atoms with Crippen molar-refractivity contribution in [3.8, 4) is 0 Å². The van der Waals surface area contributed by atoms with E-state index in [-0.39, 0.29) is 0 Å². The van der Waals surface area contributed by atoms with Crippen molar-refractivity contribution >= 4 is 57.8 Å². The highest BCUT2D eigenvalue weighted by molar-refractivity contribution is 6.31. The van der Waals surface area contributed by atoms with Crippen LogP contribution in [0.25, 0.3) is 0 Å². The van der Waals surface area contributed by atoms with E-state index in [1.165, 1.54) is 55.9 Å². The van der Waals surface area contributed by atoms with Crippen LogP contribution in [-0.2, 0) is 45.4 Å². The third-order valence-corrected chi connectivity index (χ3v) is 10.4. The van der Waals surface area contributed by atoms with Crippen molar-refractivity contribution in [3.05, 3.63) is 198 Å². The summed E-state index contributed by atoms with van der Waals surface area (Å²) in [5, 5.41) is 2.98. The number of rotatable bonds is 14. The van der Waals surface area contributed by atoms with Gasteiger partial charge in [0.2, 0.25) is 0 Å². The Morgan fingerprint density at radius 3 is 0.882 bits per heavy atom. The summed E-state index contributed by atoms with van der Waals surface area (Å²) in [4.78, 5) is 4.86. The molecule has 0 fully saturated rings. The predicted molar refractivity (Wildman–Crippen MR) is 220 cm³/mol. The molecule has 0 saturated heterocycles. The third kappa shape index (κ3) is 10.1. The normalized spacial score (nSPS) is 11.1. The number of halogens is 4. The maximum atomic E-state index is 6.22. The number of nitrogens with zero attached hydrogens (tertiary/aromatic N) is 2. The van der Waals surface area contributed by atoms with E-state index in [2.05, 4.69) is 109 Å². The second kappa shape index (κ2) is 17.5. The zero-order valence-corrected chi connectivity index (χ0v) is 32.1. The van der Waals surface area contributed by atoms with Crippen LogP contribution in [0.4, 0.5) is 11.4 Å². The molecule has 0 aromatic heterocycles. The highest BCUT2D eigenvalue weighted by atomic mass is 35.5. The van der Waals surface area contributed by atoms with Crippen molar-refractivity contribution in [2.75, 3.05) is 9.80 Å². The van der Waals surface area contributed by atoms with Gasteiger partial charge in [0, 0.05) is 57.6 Å². The molecule has 0 aliphatic carbocycles. The summed E-state index contributed by atoms with van der Waals surface area (Å²) in [5.74, 6) is 0. The first-order valence-electron chi connectivity index (χ1n) is 17.5. The quantitative estimate of drug-likeness (QED) is 0.109. The van der Waals surface area contributed by atoms with E-state index in [1.54, 1.807) is 0 Å². The summed E-state index contributed by atoms with van der Waals surface area (Å²) < 4.78 is 0. The molecule has 260 valence electrons. The molecule has 6 rings (SSSR count). The molecule has 6 aromatic rings. The number of aryl methyl sites for hydroxylation is 2. The minimum atomic E-state index is 0.746. The van der Waals surface area contributed by atoms with Crippen LogP contribution in [-0.4, -0.2) is 0 Å². The molecular formula is C45H42Cl4N2. The average molecular weight is 753 g/mol. The summed E-state index contributed by atoms with van der Waals surface area (Å²) in [6.07, 6.45) is 2.79. The van der Waals surface area contributed by atoms with E-state index in [9.17, 15) is 0 Å². The molecule has 0 heterocycles. The van der Waals surface area contributed by atoms with Crippen LogP contribution < -0.4 is 9.80 Å². The largest absolute Gasteiger partial charge is 0.363 e. The van der Waals surface area contributed by atoms with Crippen LogP contribution in [0.1, 0.15) is 58.4 Å². The first kappa shape index (κ1) is 36.9. The topological polar surface area (TPSA) is 6.48 Å². The van der Waals surface area contributed by atoms with Crippen LogP contribution in [0.2, 0.25) is 20.1 Å². The Balaban J connectivity index is 1.27. The van der Waals surface area contributed by atoms with Crippen LogP contribution in [0, 0.1) is 0 Å². The van der Waals surface area contributed by atoms with E-state index < -0.39 is 0 Å². The van der Waals surface area contributed by atoms with Crippen LogP contribution in [0.3, 0.4) is 0 Å². The molecule has 0 N–H and O–H groups in total. The molecule has 0 atom stereocenters. The van der Waals surface area contributed by atoms with Gasteiger partial charge in [0.1, 0.15) is 0 Å². The van der Waals surface area contributed by atoms with Gasteiger partial charge in [-0.3, -0.25) is 0 Å². The predicted octanol–water partition coefficient (Wildman–Crippen LogP) is 13.4. The summed E-state index contributed by atoms with van der Waals surface area (Å²) in [7, 11) is 0. The van der Waals surface area contributed by atoms with Gasteiger partial charge < -0.3 is 9.80 Å². The molecular weight excluding hydrogens is 710 g/mol. The minimum Gasteiger partial charge on any atom is -0.363 e. The van der Waals surface area contributed by atoms with E-state index in [1.807, 2.05) is 48.5 Å². The lowest BCUT2D eigenvalue weighted by atomic mass is 9.93. The van der Waals surface area contributed by atoms with Crippen LogP contribution in [0.15, 0.2) is 133 Å². The van der Waals surface area contributed by atoms with E-state index in [0.717, 1.165) is 65.5 Å². The fourth-order valence-electron chi connectivity index (χ4n) is 6.54. The van der Waals surface area contributed by atoms with Crippen molar-refractivity contribution in [2.45, 2.75) is 59.3 Å². The smallest absolute Gasteiger partial charge is 0.0433 e. The number of benzene rings is 6. The fraction of sp³-hybridized carbons (Fsp3) is 0.200. The highest BCUT2D eigenvalue weighted by Crippen LogP contribution is 2.30. The lowest BCUT2D eigenvalue weighted by Crippen LogP contribution is -2.22. The summed E-state index contributed by atoms with van der Waals surface area (Å²) in [6.45, 7) is 7.58. The van der Waals surface area contributed by atoms with Crippen molar-refractivity contribution in [3.63, 3.8) is 0 Å². The third-order valence-electron chi connectivity index (χ3n) is 9.40. The van der Waals surface area contributed by atoms with Gasteiger partial charge in [0.05, 0.1) is 0 Å². The SMILES string of the molecule is CCc1cc(N(Cc2ccc(Cl)cc2)Cc2ccc(Cl)cc2)ccc1Cc1ccc(N(Cc2ccc(Cl)cc2)Cc2ccc(Cl)cc2)cc1CC. The molecule has 0 radical (unpaired) electrons. The Kier molecular flexibility index (Phi) is 12.7. The number of anilines is 2. The molecule has 51 heavy (non-hydrogen) atoms. The highest BCUT2D eigenvalue weighted by Gasteiger charge is 2.15. The Bertz CT molecular complexity index is 1780. The molecule has 0 bridgehead atoms. The first-order chi connectivity index (χ1) is 24.8. The van der Waals surface area contributed by atoms with Gasteiger partial charge >= 0.3 is 0 Å². The lowest BCUT2D eigenvalue weighted by molar-refractivity contribution is 0.797. The van der Waals surface area contributed by atoms with Crippen molar-refractivity contribution in [2.24, 2.45) is 0 Å². The minimum absolute atomic E-state index is 0.746. The molecule has 2 nitrogen and oxygen atoms in total. The van der Waals surface area contributed by atoms with Gasteiger partial charge in [-0.1, -0.05) is 121 Å². The van der Waals surface area contributed by atoms with E-state index in [0.29, 0.717) is 0 Å². The van der Waals surface area contributed by atoms with Gasteiger partial charge in [-0.05, 0) is 137 Å². The molecule has 6 heteroatoms. The molecule has 0 saturated carbocycles. The van der Waals surface area contributed by atoms with Gasteiger partial charge in [-0.25, -0.2) is 0 Å². The Hall–Kier alpha value is -3.92. The van der Waals surface area contributed by atoms with E-state index in [4.69, 9.17) is 46.4 Å². The maximum Gasteiger partial charge on any atom is 0.0433 e. The molecule has 6 aromatic carbocycles. The summed E-state index contributed by atoms with van der Waals surface area (Å²) in [6, 6.07) is 46.5. The maximum absolute atomic E-state index is 6.22. The Morgan fingerprint density at radius 1 is 0.353 bits per heavy atom. The Labute approximate surface area is 323 Å². The van der Waals surface area contributed by atoms with Crippen molar-refractivity contribution in [1.82, 2.24) is 0 Å².